The Bertz CT molecular complexity index is 1640. The molecule has 0 spiro atoms. The van der Waals surface area contributed by atoms with Crippen molar-refractivity contribution >= 4 is 26.6 Å². The number of halogens is 1. The number of amides is 1. The molecule has 232 valence electrons. The van der Waals surface area contributed by atoms with Crippen molar-refractivity contribution in [2.24, 2.45) is 0 Å². The molecule has 0 bridgehead atoms. The number of carbonyl (C=O) groups excluding carboxylic acids is 1. The smallest absolute Gasteiger partial charge is 0.264 e. The number of ether oxygens (including phenoxy) is 2. The van der Waals surface area contributed by atoms with Crippen molar-refractivity contribution in [3.8, 4) is 11.1 Å². The van der Waals surface area contributed by atoms with Crippen molar-refractivity contribution in [1.82, 2.24) is 19.9 Å². The molecule has 1 N–H and O–H groups in total. The summed E-state index contributed by atoms with van der Waals surface area (Å²) >= 11 is 0. The second kappa shape index (κ2) is 13.2. The lowest BCUT2D eigenvalue weighted by Crippen LogP contribution is -2.51. The van der Waals surface area contributed by atoms with E-state index >= 15 is 4.39 Å². The van der Waals surface area contributed by atoms with Crippen LogP contribution in [0.1, 0.15) is 38.2 Å². The van der Waals surface area contributed by atoms with Gasteiger partial charge >= 0.3 is 0 Å². The predicted molar refractivity (Wildman–Crippen MR) is 158 cm³/mol. The van der Waals surface area contributed by atoms with Gasteiger partial charge in [0.2, 0.25) is 0 Å². The van der Waals surface area contributed by atoms with E-state index in [0.717, 1.165) is 37.8 Å². The van der Waals surface area contributed by atoms with Gasteiger partial charge in [-0.05, 0) is 55.5 Å². The molecule has 43 heavy (non-hydrogen) atoms. The molecule has 0 saturated carbocycles. The van der Waals surface area contributed by atoms with E-state index in [0.29, 0.717) is 54.8 Å². The van der Waals surface area contributed by atoms with E-state index in [1.165, 1.54) is 23.9 Å². The van der Waals surface area contributed by atoms with Crippen molar-refractivity contribution in [3.63, 3.8) is 0 Å². The Morgan fingerprint density at radius 1 is 1.16 bits per heavy atom. The number of aryl methyl sites for hydroxylation is 1. The first-order valence-electron chi connectivity index (χ1n) is 14.4. The first-order chi connectivity index (χ1) is 20.5. The SMILES string of the molecule is C[C@@](CCn1cnc2cc(-c3ccc(CN4CCOCC4)cc3F)ccc2c1=O)(C(=O)NOC1CCCCO1)S(C)(=O)=O. The summed E-state index contributed by atoms with van der Waals surface area (Å²) in [6.45, 7) is 5.31. The van der Waals surface area contributed by atoms with Crippen LogP contribution in [0.5, 0.6) is 0 Å². The monoisotopic (exact) mass is 616 g/mol. The van der Waals surface area contributed by atoms with E-state index in [4.69, 9.17) is 14.3 Å². The van der Waals surface area contributed by atoms with Crippen molar-refractivity contribution in [2.45, 2.75) is 56.7 Å². The van der Waals surface area contributed by atoms with Gasteiger partial charge in [-0.25, -0.2) is 28.1 Å². The van der Waals surface area contributed by atoms with E-state index in [2.05, 4.69) is 15.4 Å². The third-order valence-electron chi connectivity index (χ3n) is 8.23. The number of nitrogens with one attached hydrogen (secondary N) is 1. The summed E-state index contributed by atoms with van der Waals surface area (Å²) < 4.78 is 50.7. The number of hydroxylamine groups is 1. The zero-order valence-electron chi connectivity index (χ0n) is 24.4. The summed E-state index contributed by atoms with van der Waals surface area (Å²) in [7, 11) is -3.91. The molecule has 3 heterocycles. The van der Waals surface area contributed by atoms with Crippen molar-refractivity contribution in [2.75, 3.05) is 39.2 Å². The lowest BCUT2D eigenvalue weighted by Gasteiger charge is -2.28. The topological polar surface area (TPSA) is 129 Å². The number of carbonyl (C=O) groups is 1. The fourth-order valence-corrected chi connectivity index (χ4v) is 6.07. The maximum atomic E-state index is 15.1. The molecular formula is C30H37FN4O7S. The van der Waals surface area contributed by atoms with Gasteiger partial charge in [0.1, 0.15) is 5.82 Å². The Balaban J connectivity index is 1.30. The van der Waals surface area contributed by atoms with E-state index in [-0.39, 0.29) is 18.8 Å². The number of hydrogen-bond donors (Lipinski definition) is 1. The van der Waals surface area contributed by atoms with Gasteiger partial charge in [0.15, 0.2) is 20.9 Å². The van der Waals surface area contributed by atoms with Crippen LogP contribution in [0.3, 0.4) is 0 Å². The van der Waals surface area contributed by atoms with Crippen molar-refractivity contribution in [1.29, 1.82) is 0 Å². The third kappa shape index (κ3) is 7.13. The molecule has 0 radical (unpaired) electrons. The average molecular weight is 617 g/mol. The lowest BCUT2D eigenvalue weighted by atomic mass is 10.0. The Kier molecular flexibility index (Phi) is 9.57. The minimum atomic E-state index is -3.91. The molecular weight excluding hydrogens is 579 g/mol. The molecule has 0 aliphatic carbocycles. The molecule has 2 fully saturated rings. The Labute approximate surface area is 249 Å². The standard InChI is InChI=1S/C30H37FN4O7S/c1-30(43(2,38)39,29(37)33-42-27-5-3-4-14-41-27)10-11-35-20-32-26-18-22(7-9-24(26)28(35)36)23-8-6-21(17-25(23)31)19-34-12-15-40-16-13-34/h6-9,17-18,20,27H,3-5,10-16,19H2,1-2H3,(H,33,37)/t27?,30-/m1/s1. The fourth-order valence-electron chi connectivity index (χ4n) is 5.23. The normalized spacial score (nSPS) is 19.7. The Hall–Kier alpha value is -3.23. The van der Waals surface area contributed by atoms with Crippen LogP contribution in [0.2, 0.25) is 0 Å². The molecule has 13 heteroatoms. The Morgan fingerprint density at radius 2 is 1.95 bits per heavy atom. The average Bonchev–Trinajstić information content (AvgIpc) is 3.00. The molecule has 2 aromatic carbocycles. The molecule has 11 nitrogen and oxygen atoms in total. The lowest BCUT2D eigenvalue weighted by molar-refractivity contribution is -0.201. The second-order valence-electron chi connectivity index (χ2n) is 11.3. The summed E-state index contributed by atoms with van der Waals surface area (Å²) in [6.07, 6.45) is 3.80. The Morgan fingerprint density at radius 3 is 2.65 bits per heavy atom. The summed E-state index contributed by atoms with van der Waals surface area (Å²) in [6, 6.07) is 10.1. The molecule has 3 aromatic rings. The number of sulfone groups is 1. The van der Waals surface area contributed by atoms with Crippen LogP contribution in [-0.4, -0.2) is 79.0 Å². The zero-order valence-corrected chi connectivity index (χ0v) is 25.2. The van der Waals surface area contributed by atoms with Crippen LogP contribution < -0.4 is 11.0 Å². The molecule has 1 amide bonds. The van der Waals surface area contributed by atoms with Gasteiger partial charge in [-0.3, -0.25) is 19.1 Å². The van der Waals surface area contributed by atoms with E-state index in [9.17, 15) is 18.0 Å². The van der Waals surface area contributed by atoms with Crippen LogP contribution in [0.4, 0.5) is 4.39 Å². The third-order valence-corrected chi connectivity index (χ3v) is 10.3. The zero-order chi connectivity index (χ0) is 30.6. The molecule has 2 saturated heterocycles. The number of benzene rings is 2. The van der Waals surface area contributed by atoms with Gasteiger partial charge in [0.25, 0.3) is 11.5 Å². The van der Waals surface area contributed by atoms with Gasteiger partial charge in [-0.15, -0.1) is 0 Å². The van der Waals surface area contributed by atoms with E-state index in [1.54, 1.807) is 24.3 Å². The highest BCUT2D eigenvalue weighted by molar-refractivity contribution is 7.92. The quantitative estimate of drug-likeness (QED) is 0.342. The minimum absolute atomic E-state index is 0.0837. The van der Waals surface area contributed by atoms with Gasteiger partial charge in [-0.1, -0.05) is 18.2 Å². The highest BCUT2D eigenvalue weighted by atomic mass is 32.2. The van der Waals surface area contributed by atoms with Crippen LogP contribution in [0.15, 0.2) is 47.5 Å². The largest absolute Gasteiger partial charge is 0.379 e. The van der Waals surface area contributed by atoms with Crippen molar-refractivity contribution in [3.05, 3.63) is 64.5 Å². The van der Waals surface area contributed by atoms with Crippen LogP contribution >= 0.6 is 0 Å². The van der Waals surface area contributed by atoms with Gasteiger partial charge < -0.3 is 9.47 Å². The fraction of sp³-hybridized carbons (Fsp3) is 0.500. The van der Waals surface area contributed by atoms with E-state index in [1.807, 2.05) is 6.07 Å². The highest BCUT2D eigenvalue weighted by Crippen LogP contribution is 2.27. The number of rotatable bonds is 10. The second-order valence-corrected chi connectivity index (χ2v) is 13.7. The van der Waals surface area contributed by atoms with Gasteiger partial charge in [0, 0.05) is 51.0 Å². The van der Waals surface area contributed by atoms with Crippen LogP contribution in [0.25, 0.3) is 22.0 Å². The van der Waals surface area contributed by atoms with Crippen molar-refractivity contribution < 1.29 is 31.9 Å². The first kappa shape index (κ1) is 31.2. The molecule has 2 aliphatic heterocycles. The minimum Gasteiger partial charge on any atom is -0.379 e. The molecule has 2 atom stereocenters. The highest BCUT2D eigenvalue weighted by Gasteiger charge is 2.44. The predicted octanol–water partition coefficient (Wildman–Crippen LogP) is 2.80. The molecule has 5 rings (SSSR count). The summed E-state index contributed by atoms with van der Waals surface area (Å²) in [5, 5.41) is 0.291. The number of aromatic nitrogens is 2. The number of hydrogen-bond acceptors (Lipinski definition) is 9. The molecule has 1 unspecified atom stereocenters. The molecule has 2 aliphatic rings. The number of nitrogens with zero attached hydrogens (tertiary/aromatic N) is 3. The van der Waals surface area contributed by atoms with E-state index < -0.39 is 32.3 Å². The summed E-state index contributed by atoms with van der Waals surface area (Å²) in [5.41, 5.74) is 4.07. The molecule has 1 aromatic heterocycles. The number of morpholine rings is 1. The van der Waals surface area contributed by atoms with Crippen LogP contribution in [0, 0.1) is 5.82 Å². The maximum Gasteiger partial charge on any atom is 0.264 e. The van der Waals surface area contributed by atoms with Crippen LogP contribution in [-0.2, 0) is 42.0 Å². The summed E-state index contributed by atoms with van der Waals surface area (Å²) in [5.74, 6) is -1.20. The maximum absolute atomic E-state index is 15.1. The van der Waals surface area contributed by atoms with Gasteiger partial charge in [-0.2, -0.15) is 0 Å². The first-order valence-corrected chi connectivity index (χ1v) is 16.3. The number of fused-ring (bicyclic) bond motifs is 1. The van der Waals surface area contributed by atoms with Gasteiger partial charge in [0.05, 0.1) is 30.4 Å². The summed E-state index contributed by atoms with van der Waals surface area (Å²) in [4.78, 5) is 38.2.